The predicted octanol–water partition coefficient (Wildman–Crippen LogP) is 2.40. The molecule has 0 saturated carbocycles. The van der Waals surface area contributed by atoms with E-state index < -0.39 is 5.91 Å². The fourth-order valence-electron chi connectivity index (χ4n) is 5.08. The fourth-order valence-corrected chi connectivity index (χ4v) is 5.08. The molecule has 0 aliphatic carbocycles. The van der Waals surface area contributed by atoms with Crippen LogP contribution in [0.15, 0.2) is 42.7 Å². The van der Waals surface area contributed by atoms with Crippen LogP contribution in [0.4, 0.5) is 5.69 Å². The average Bonchev–Trinajstić information content (AvgIpc) is 3.36. The SMILES string of the molecule is NC(=O)c1cnc2[nH]ccc2c1N[C@@H]1C[C@H]2CC[C@@H](C1)N2C(=O)c1ccc(CO)cc1. The van der Waals surface area contributed by atoms with E-state index in [4.69, 9.17) is 5.73 Å². The first-order chi connectivity index (χ1) is 15.0. The second-order valence-corrected chi connectivity index (χ2v) is 8.42. The van der Waals surface area contributed by atoms with Crippen LogP contribution in [0, 0.1) is 0 Å². The van der Waals surface area contributed by atoms with Crippen molar-refractivity contribution in [3.05, 3.63) is 59.4 Å². The average molecular weight is 419 g/mol. The minimum Gasteiger partial charge on any atom is -0.392 e. The van der Waals surface area contributed by atoms with Crippen LogP contribution in [0.5, 0.6) is 0 Å². The van der Waals surface area contributed by atoms with Crippen LogP contribution in [0.25, 0.3) is 11.0 Å². The molecule has 3 aromatic rings. The zero-order chi connectivity index (χ0) is 21.5. The number of benzene rings is 1. The number of rotatable bonds is 5. The highest BCUT2D eigenvalue weighted by Crippen LogP contribution is 2.39. The fraction of sp³-hybridized carbons (Fsp3) is 0.348. The number of H-pyrrole nitrogens is 1. The molecule has 8 heteroatoms. The molecule has 0 radical (unpaired) electrons. The molecule has 5 N–H and O–H groups in total. The third-order valence-electron chi connectivity index (χ3n) is 6.55. The molecule has 2 aromatic heterocycles. The van der Waals surface area contributed by atoms with Crippen LogP contribution in [-0.4, -0.2) is 49.9 Å². The Kier molecular flexibility index (Phi) is 4.86. The van der Waals surface area contributed by atoms with Crippen molar-refractivity contribution in [1.29, 1.82) is 0 Å². The van der Waals surface area contributed by atoms with E-state index in [1.54, 1.807) is 30.5 Å². The number of nitrogens with two attached hydrogens (primary N) is 1. The lowest BCUT2D eigenvalue weighted by atomic mass is 9.95. The number of piperidine rings is 1. The Balaban J connectivity index is 1.36. The Morgan fingerprint density at radius 2 is 1.87 bits per heavy atom. The molecule has 3 atom stereocenters. The van der Waals surface area contributed by atoms with E-state index in [9.17, 15) is 14.7 Å². The summed E-state index contributed by atoms with van der Waals surface area (Å²) in [6, 6.07) is 9.49. The third-order valence-corrected chi connectivity index (χ3v) is 6.55. The number of nitrogens with zero attached hydrogens (tertiary/aromatic N) is 2. The second-order valence-electron chi connectivity index (χ2n) is 8.42. The topological polar surface area (TPSA) is 124 Å². The molecule has 2 saturated heterocycles. The van der Waals surface area contributed by atoms with Gasteiger partial charge in [0.2, 0.25) is 0 Å². The Morgan fingerprint density at radius 3 is 2.52 bits per heavy atom. The van der Waals surface area contributed by atoms with Crippen molar-refractivity contribution < 1.29 is 14.7 Å². The van der Waals surface area contributed by atoms with Gasteiger partial charge in [-0.2, -0.15) is 0 Å². The smallest absolute Gasteiger partial charge is 0.254 e. The molecule has 2 bridgehead atoms. The van der Waals surface area contributed by atoms with Crippen molar-refractivity contribution in [3.63, 3.8) is 0 Å². The summed E-state index contributed by atoms with van der Waals surface area (Å²) in [5, 5.41) is 13.6. The van der Waals surface area contributed by atoms with Crippen LogP contribution >= 0.6 is 0 Å². The Labute approximate surface area is 179 Å². The summed E-state index contributed by atoms with van der Waals surface area (Å²) in [6.07, 6.45) is 6.87. The molecule has 4 heterocycles. The van der Waals surface area contributed by atoms with Crippen LogP contribution in [0.2, 0.25) is 0 Å². The molecule has 2 fully saturated rings. The lowest BCUT2D eigenvalue weighted by Crippen LogP contribution is -2.49. The second kappa shape index (κ2) is 7.70. The minimum absolute atomic E-state index is 0.0342. The number of amides is 2. The zero-order valence-electron chi connectivity index (χ0n) is 17.0. The summed E-state index contributed by atoms with van der Waals surface area (Å²) in [5.74, 6) is -0.467. The summed E-state index contributed by atoms with van der Waals surface area (Å²) < 4.78 is 0. The standard InChI is InChI=1S/C23H25N5O3/c24-21(30)19-11-26-22-18(7-8-25-22)20(19)27-15-9-16-5-6-17(10-15)28(16)23(31)14-3-1-13(12-29)2-4-14/h1-4,7-8,11,15-17,29H,5-6,9-10,12H2,(H2,24,30)(H2,25,26,27)/t15-,16-,17+. The van der Waals surface area contributed by atoms with Gasteiger partial charge in [-0.25, -0.2) is 4.98 Å². The highest BCUT2D eigenvalue weighted by atomic mass is 16.3. The molecule has 0 spiro atoms. The number of hydrogen-bond acceptors (Lipinski definition) is 5. The number of pyridine rings is 1. The maximum atomic E-state index is 13.2. The van der Waals surface area contributed by atoms with Crippen molar-refractivity contribution in [2.24, 2.45) is 5.73 Å². The summed E-state index contributed by atoms with van der Waals surface area (Å²) in [5.41, 5.74) is 8.83. The van der Waals surface area contributed by atoms with Gasteiger partial charge in [0.25, 0.3) is 11.8 Å². The molecule has 1 aromatic carbocycles. The Hall–Kier alpha value is -3.39. The summed E-state index contributed by atoms with van der Waals surface area (Å²) >= 11 is 0. The first-order valence-electron chi connectivity index (χ1n) is 10.6. The van der Waals surface area contributed by atoms with Crippen molar-refractivity contribution in [3.8, 4) is 0 Å². The number of primary amides is 1. The molecule has 0 unspecified atom stereocenters. The van der Waals surface area contributed by atoms with Gasteiger partial charge in [-0.1, -0.05) is 12.1 Å². The molecule has 8 nitrogen and oxygen atoms in total. The van der Waals surface area contributed by atoms with Crippen LogP contribution in [0.3, 0.4) is 0 Å². The van der Waals surface area contributed by atoms with E-state index in [0.29, 0.717) is 22.5 Å². The normalized spacial score (nSPS) is 22.6. The Bertz CT molecular complexity index is 1130. The zero-order valence-corrected chi connectivity index (χ0v) is 17.0. The quantitative estimate of drug-likeness (QED) is 0.505. The number of nitrogens with one attached hydrogen (secondary N) is 2. The number of aliphatic hydroxyl groups is 1. The number of fused-ring (bicyclic) bond motifs is 3. The van der Waals surface area contributed by atoms with Crippen molar-refractivity contribution >= 4 is 28.5 Å². The first-order valence-corrected chi connectivity index (χ1v) is 10.6. The Morgan fingerprint density at radius 1 is 1.16 bits per heavy atom. The number of hydrogen-bond donors (Lipinski definition) is 4. The van der Waals surface area contributed by atoms with Gasteiger partial charge in [0, 0.05) is 41.5 Å². The van der Waals surface area contributed by atoms with Crippen molar-refractivity contribution in [2.75, 3.05) is 5.32 Å². The maximum Gasteiger partial charge on any atom is 0.254 e. The first kappa shape index (κ1) is 19.6. The minimum atomic E-state index is -0.514. The molecule has 5 rings (SSSR count). The van der Waals surface area contributed by atoms with Gasteiger partial charge in [-0.05, 0) is 49.4 Å². The lowest BCUT2D eigenvalue weighted by Gasteiger charge is -2.40. The van der Waals surface area contributed by atoms with E-state index in [1.165, 1.54) is 6.20 Å². The number of carbonyl (C=O) groups is 2. The lowest BCUT2D eigenvalue weighted by molar-refractivity contribution is 0.0583. The van der Waals surface area contributed by atoms with E-state index in [1.807, 2.05) is 11.0 Å². The molecule has 2 aliphatic heterocycles. The summed E-state index contributed by atoms with van der Waals surface area (Å²) in [7, 11) is 0. The van der Waals surface area contributed by atoms with Gasteiger partial charge in [-0.15, -0.1) is 0 Å². The molecular formula is C23H25N5O3. The molecular weight excluding hydrogens is 394 g/mol. The van der Waals surface area contributed by atoms with E-state index in [0.717, 1.165) is 36.6 Å². The number of aliphatic hydroxyl groups excluding tert-OH is 1. The van der Waals surface area contributed by atoms with Gasteiger partial charge in [-0.3, -0.25) is 9.59 Å². The van der Waals surface area contributed by atoms with Gasteiger partial charge >= 0.3 is 0 Å². The number of aromatic nitrogens is 2. The van der Waals surface area contributed by atoms with Crippen molar-refractivity contribution in [2.45, 2.75) is 50.4 Å². The van der Waals surface area contributed by atoms with Gasteiger partial charge < -0.3 is 26.0 Å². The van der Waals surface area contributed by atoms with E-state index in [-0.39, 0.29) is 30.6 Å². The molecule has 31 heavy (non-hydrogen) atoms. The largest absolute Gasteiger partial charge is 0.392 e. The van der Waals surface area contributed by atoms with Gasteiger partial charge in [0.15, 0.2) is 0 Å². The number of anilines is 1. The predicted molar refractivity (Wildman–Crippen MR) is 117 cm³/mol. The molecule has 160 valence electrons. The monoisotopic (exact) mass is 419 g/mol. The molecule has 2 aliphatic rings. The van der Waals surface area contributed by atoms with Crippen molar-refractivity contribution in [1.82, 2.24) is 14.9 Å². The van der Waals surface area contributed by atoms with E-state index in [2.05, 4.69) is 15.3 Å². The van der Waals surface area contributed by atoms with Gasteiger partial charge in [0.05, 0.1) is 17.9 Å². The maximum absolute atomic E-state index is 13.2. The highest BCUT2D eigenvalue weighted by Gasteiger charge is 2.43. The summed E-state index contributed by atoms with van der Waals surface area (Å²) in [6.45, 7) is -0.0342. The third kappa shape index (κ3) is 3.42. The summed E-state index contributed by atoms with van der Waals surface area (Å²) in [4.78, 5) is 34.5. The number of carbonyl (C=O) groups excluding carboxylic acids is 2. The number of aromatic amines is 1. The van der Waals surface area contributed by atoms with Crippen LogP contribution < -0.4 is 11.1 Å². The van der Waals surface area contributed by atoms with Gasteiger partial charge in [0.1, 0.15) is 5.65 Å². The highest BCUT2D eigenvalue weighted by molar-refractivity contribution is 6.06. The van der Waals surface area contributed by atoms with Crippen LogP contribution in [0.1, 0.15) is 52.0 Å². The van der Waals surface area contributed by atoms with Crippen LogP contribution in [-0.2, 0) is 6.61 Å². The molecule has 2 amide bonds. The van der Waals surface area contributed by atoms with E-state index >= 15 is 0 Å².